The maximum absolute atomic E-state index is 4.18. The Labute approximate surface area is 105 Å². The molecular weight excluding hydrogens is 212 g/mol. The lowest BCUT2D eigenvalue weighted by Gasteiger charge is -2.08. The second-order valence-electron chi connectivity index (χ2n) is 5.35. The van der Waals surface area contributed by atoms with Crippen LogP contribution < -0.4 is 5.32 Å². The van der Waals surface area contributed by atoms with E-state index in [1.54, 1.807) is 0 Å². The second-order valence-corrected chi connectivity index (χ2v) is 5.35. The number of nitrogens with one attached hydrogen (secondary N) is 1. The van der Waals surface area contributed by atoms with Gasteiger partial charge in [0.15, 0.2) is 0 Å². The molecule has 0 spiro atoms. The van der Waals surface area contributed by atoms with Crippen LogP contribution >= 0.6 is 0 Å². The number of rotatable bonds is 8. The van der Waals surface area contributed by atoms with Crippen molar-refractivity contribution in [1.29, 1.82) is 0 Å². The molecule has 0 fully saturated rings. The SMILES string of the molecule is CCCC(C)Cn1cc(CNCC(C)C)nn1. The van der Waals surface area contributed by atoms with Crippen LogP contribution in [0.1, 0.15) is 46.2 Å². The second kappa shape index (κ2) is 7.43. The van der Waals surface area contributed by atoms with E-state index in [9.17, 15) is 0 Å². The lowest BCUT2D eigenvalue weighted by molar-refractivity contribution is 0.414. The van der Waals surface area contributed by atoms with Gasteiger partial charge in [-0.1, -0.05) is 39.3 Å². The van der Waals surface area contributed by atoms with Gasteiger partial charge in [0.2, 0.25) is 0 Å². The van der Waals surface area contributed by atoms with Crippen LogP contribution in [0.15, 0.2) is 6.20 Å². The Kier molecular flexibility index (Phi) is 6.19. The van der Waals surface area contributed by atoms with Crippen LogP contribution in [0.5, 0.6) is 0 Å². The van der Waals surface area contributed by atoms with Crippen molar-refractivity contribution >= 4 is 0 Å². The maximum Gasteiger partial charge on any atom is 0.0964 e. The molecule has 0 aliphatic rings. The Bertz CT molecular complexity index is 306. The topological polar surface area (TPSA) is 42.7 Å². The largest absolute Gasteiger partial charge is 0.311 e. The Balaban J connectivity index is 2.32. The summed E-state index contributed by atoms with van der Waals surface area (Å²) in [6.07, 6.45) is 4.54. The van der Waals surface area contributed by atoms with Crippen molar-refractivity contribution in [3.05, 3.63) is 11.9 Å². The molecule has 0 aliphatic heterocycles. The first-order valence-corrected chi connectivity index (χ1v) is 6.71. The van der Waals surface area contributed by atoms with Gasteiger partial charge in [-0.05, 0) is 24.8 Å². The fraction of sp³-hybridized carbons (Fsp3) is 0.846. The van der Waals surface area contributed by atoms with Crippen LogP contribution in [0.25, 0.3) is 0 Å². The summed E-state index contributed by atoms with van der Waals surface area (Å²) in [6.45, 7) is 11.7. The standard InChI is InChI=1S/C13H26N4/c1-5-6-12(4)9-17-10-13(15-16-17)8-14-7-11(2)3/h10-12,14H,5-9H2,1-4H3. The van der Waals surface area contributed by atoms with Gasteiger partial charge in [-0.25, -0.2) is 0 Å². The molecule has 98 valence electrons. The lowest BCUT2D eigenvalue weighted by atomic mass is 10.1. The van der Waals surface area contributed by atoms with Crippen molar-refractivity contribution < 1.29 is 0 Å². The highest BCUT2D eigenvalue weighted by Crippen LogP contribution is 2.07. The Hall–Kier alpha value is -0.900. The minimum absolute atomic E-state index is 0.676. The van der Waals surface area contributed by atoms with Gasteiger partial charge in [-0.3, -0.25) is 4.68 Å². The predicted octanol–water partition coefficient (Wildman–Crippen LogP) is 2.46. The summed E-state index contributed by atoms with van der Waals surface area (Å²) in [5, 5.41) is 11.7. The van der Waals surface area contributed by atoms with Crippen molar-refractivity contribution in [3.63, 3.8) is 0 Å². The summed E-state index contributed by atoms with van der Waals surface area (Å²) in [4.78, 5) is 0. The molecule has 1 atom stereocenters. The third-order valence-corrected chi connectivity index (χ3v) is 2.73. The number of hydrogen-bond acceptors (Lipinski definition) is 3. The first-order valence-electron chi connectivity index (χ1n) is 6.71. The highest BCUT2D eigenvalue weighted by atomic mass is 15.4. The average molecular weight is 238 g/mol. The molecular formula is C13H26N4. The summed E-state index contributed by atoms with van der Waals surface area (Å²) >= 11 is 0. The molecule has 1 aromatic heterocycles. The van der Waals surface area contributed by atoms with Crippen LogP contribution in [0.2, 0.25) is 0 Å². The van der Waals surface area contributed by atoms with E-state index in [0.29, 0.717) is 11.8 Å². The Morgan fingerprint density at radius 1 is 1.35 bits per heavy atom. The first-order chi connectivity index (χ1) is 8.11. The van der Waals surface area contributed by atoms with E-state index >= 15 is 0 Å². The molecule has 4 heteroatoms. The van der Waals surface area contributed by atoms with E-state index in [2.05, 4.69) is 49.5 Å². The van der Waals surface area contributed by atoms with Crippen LogP contribution in [0, 0.1) is 11.8 Å². The molecule has 0 aromatic carbocycles. The molecule has 0 amide bonds. The van der Waals surface area contributed by atoms with Crippen molar-refractivity contribution in [2.75, 3.05) is 6.54 Å². The van der Waals surface area contributed by atoms with Gasteiger partial charge in [0.05, 0.1) is 5.69 Å². The van der Waals surface area contributed by atoms with E-state index in [0.717, 1.165) is 25.3 Å². The summed E-state index contributed by atoms with van der Waals surface area (Å²) in [6, 6.07) is 0. The van der Waals surface area contributed by atoms with Gasteiger partial charge in [0, 0.05) is 19.3 Å². The molecule has 0 saturated carbocycles. The van der Waals surface area contributed by atoms with Crippen molar-refractivity contribution in [1.82, 2.24) is 20.3 Å². The fourth-order valence-corrected chi connectivity index (χ4v) is 1.90. The molecule has 0 bridgehead atoms. The fourth-order valence-electron chi connectivity index (χ4n) is 1.90. The van der Waals surface area contributed by atoms with Crippen LogP contribution in [-0.2, 0) is 13.1 Å². The molecule has 0 saturated heterocycles. The van der Waals surface area contributed by atoms with E-state index in [1.807, 2.05) is 4.68 Å². The predicted molar refractivity (Wildman–Crippen MR) is 70.6 cm³/mol. The number of hydrogen-bond donors (Lipinski definition) is 1. The summed E-state index contributed by atoms with van der Waals surface area (Å²) in [5.74, 6) is 1.35. The van der Waals surface area contributed by atoms with Crippen molar-refractivity contribution in [3.8, 4) is 0 Å². The molecule has 1 N–H and O–H groups in total. The molecule has 17 heavy (non-hydrogen) atoms. The molecule has 1 heterocycles. The molecule has 1 unspecified atom stereocenters. The van der Waals surface area contributed by atoms with Crippen LogP contribution in [-0.4, -0.2) is 21.5 Å². The molecule has 1 rings (SSSR count). The van der Waals surface area contributed by atoms with Gasteiger partial charge in [0.1, 0.15) is 0 Å². The van der Waals surface area contributed by atoms with E-state index in [-0.39, 0.29) is 0 Å². The number of aromatic nitrogens is 3. The first kappa shape index (κ1) is 14.2. The quantitative estimate of drug-likeness (QED) is 0.756. The highest BCUT2D eigenvalue weighted by Gasteiger charge is 2.05. The molecule has 4 nitrogen and oxygen atoms in total. The van der Waals surface area contributed by atoms with E-state index in [1.165, 1.54) is 12.8 Å². The molecule has 0 aliphatic carbocycles. The number of nitrogens with zero attached hydrogens (tertiary/aromatic N) is 3. The van der Waals surface area contributed by atoms with E-state index < -0.39 is 0 Å². The molecule has 0 radical (unpaired) electrons. The third kappa shape index (κ3) is 5.82. The normalized spacial score (nSPS) is 13.2. The average Bonchev–Trinajstić information content (AvgIpc) is 2.65. The van der Waals surface area contributed by atoms with Gasteiger partial charge >= 0.3 is 0 Å². The monoisotopic (exact) mass is 238 g/mol. The zero-order valence-corrected chi connectivity index (χ0v) is 11.6. The zero-order chi connectivity index (χ0) is 12.7. The summed E-state index contributed by atoms with van der Waals surface area (Å²) in [5.41, 5.74) is 1.04. The Morgan fingerprint density at radius 2 is 2.12 bits per heavy atom. The summed E-state index contributed by atoms with van der Waals surface area (Å²) < 4.78 is 1.96. The third-order valence-electron chi connectivity index (χ3n) is 2.73. The van der Waals surface area contributed by atoms with Gasteiger partial charge < -0.3 is 5.32 Å². The van der Waals surface area contributed by atoms with Crippen molar-refractivity contribution in [2.45, 2.75) is 53.6 Å². The van der Waals surface area contributed by atoms with Crippen LogP contribution in [0.3, 0.4) is 0 Å². The van der Waals surface area contributed by atoms with Gasteiger partial charge in [0.25, 0.3) is 0 Å². The minimum Gasteiger partial charge on any atom is -0.311 e. The maximum atomic E-state index is 4.18. The summed E-state index contributed by atoms with van der Waals surface area (Å²) in [7, 11) is 0. The Morgan fingerprint density at radius 3 is 2.76 bits per heavy atom. The van der Waals surface area contributed by atoms with Gasteiger partial charge in [-0.15, -0.1) is 5.10 Å². The zero-order valence-electron chi connectivity index (χ0n) is 11.6. The smallest absolute Gasteiger partial charge is 0.0964 e. The lowest BCUT2D eigenvalue weighted by Crippen LogP contribution is -2.19. The van der Waals surface area contributed by atoms with Crippen molar-refractivity contribution in [2.24, 2.45) is 11.8 Å². The molecule has 1 aromatic rings. The van der Waals surface area contributed by atoms with Crippen LogP contribution in [0.4, 0.5) is 0 Å². The minimum atomic E-state index is 0.676. The highest BCUT2D eigenvalue weighted by molar-refractivity contribution is 4.91. The van der Waals surface area contributed by atoms with Gasteiger partial charge in [-0.2, -0.15) is 0 Å². The van der Waals surface area contributed by atoms with E-state index in [4.69, 9.17) is 0 Å².